The van der Waals surface area contributed by atoms with Gasteiger partial charge in [0.05, 0.1) is 13.0 Å². The van der Waals surface area contributed by atoms with Crippen LogP contribution in [0.2, 0.25) is 0 Å². The summed E-state index contributed by atoms with van der Waals surface area (Å²) >= 11 is 0. The van der Waals surface area contributed by atoms with Crippen LogP contribution in [0.5, 0.6) is 5.75 Å². The Balaban J connectivity index is 1.74. The Morgan fingerprint density at radius 3 is 1.68 bits per heavy atom. The lowest BCUT2D eigenvalue weighted by Crippen LogP contribution is -2.33. The molecule has 4 aromatic rings. The van der Waals surface area contributed by atoms with Gasteiger partial charge in [-0.15, -0.1) is 0 Å². The van der Waals surface area contributed by atoms with Gasteiger partial charge in [0.15, 0.2) is 5.60 Å². The van der Waals surface area contributed by atoms with E-state index in [0.717, 1.165) is 28.2 Å². The number of methoxy groups -OCH3 is 1. The van der Waals surface area contributed by atoms with E-state index in [0.29, 0.717) is 0 Å². The van der Waals surface area contributed by atoms with Crippen LogP contribution in [-0.2, 0) is 10.3 Å². The molecule has 1 aliphatic rings. The van der Waals surface area contributed by atoms with Gasteiger partial charge in [-0.25, -0.2) is 0 Å². The molecule has 1 aliphatic heterocycles. The van der Waals surface area contributed by atoms with Crippen LogP contribution in [0.3, 0.4) is 0 Å². The van der Waals surface area contributed by atoms with Crippen LogP contribution in [0.25, 0.3) is 5.76 Å². The third-order valence-electron chi connectivity index (χ3n) is 5.97. The molecular weight excluding hydrogens is 380 g/mol. The number of hydrogen-bond acceptors (Lipinski definition) is 2. The Labute approximate surface area is 183 Å². The van der Waals surface area contributed by atoms with Gasteiger partial charge >= 0.3 is 0 Å². The molecule has 0 spiro atoms. The van der Waals surface area contributed by atoms with Crippen LogP contribution in [0, 0.1) is 0 Å². The second-order valence-electron chi connectivity index (χ2n) is 7.72. The molecule has 0 bridgehead atoms. The van der Waals surface area contributed by atoms with Crippen molar-refractivity contribution in [3.05, 3.63) is 144 Å². The van der Waals surface area contributed by atoms with Crippen molar-refractivity contribution < 1.29 is 9.47 Å². The van der Waals surface area contributed by atoms with Crippen molar-refractivity contribution in [2.45, 2.75) is 11.5 Å². The summed E-state index contributed by atoms with van der Waals surface area (Å²) in [5, 5.41) is 0. The first-order valence-electron chi connectivity index (χ1n) is 10.5. The summed E-state index contributed by atoms with van der Waals surface area (Å²) in [6, 6.07) is 39.7. The average Bonchev–Trinajstić information content (AvgIpc) is 3.28. The predicted octanol–water partition coefficient (Wildman–Crippen LogP) is 6.79. The maximum atomic E-state index is 6.96. The molecule has 0 saturated heterocycles. The molecule has 1 unspecified atom stereocenters. The second-order valence-corrected chi connectivity index (χ2v) is 7.72. The van der Waals surface area contributed by atoms with E-state index in [-0.39, 0.29) is 5.92 Å². The Bertz CT molecular complexity index is 1120. The number of hydrogen-bond donors (Lipinski definition) is 0. The summed E-state index contributed by atoms with van der Waals surface area (Å²) in [6.45, 7) is 0. The van der Waals surface area contributed by atoms with E-state index in [1.165, 1.54) is 5.56 Å². The smallest absolute Gasteiger partial charge is 0.169 e. The fourth-order valence-electron chi connectivity index (χ4n) is 4.45. The molecule has 0 aliphatic carbocycles. The molecule has 2 heteroatoms. The lowest BCUT2D eigenvalue weighted by Gasteiger charge is -2.37. The van der Waals surface area contributed by atoms with Crippen LogP contribution < -0.4 is 4.74 Å². The zero-order valence-corrected chi connectivity index (χ0v) is 17.4. The van der Waals surface area contributed by atoms with Crippen LogP contribution in [0.4, 0.5) is 0 Å². The van der Waals surface area contributed by atoms with Crippen molar-refractivity contribution in [3.8, 4) is 5.75 Å². The fourth-order valence-corrected chi connectivity index (χ4v) is 4.45. The zero-order chi connectivity index (χ0) is 21.1. The van der Waals surface area contributed by atoms with Crippen molar-refractivity contribution in [2.24, 2.45) is 0 Å². The molecule has 0 radical (unpaired) electrons. The average molecular weight is 405 g/mol. The lowest BCUT2D eigenvalue weighted by atomic mass is 9.74. The molecule has 1 atom stereocenters. The molecular formula is C29H24O2. The minimum atomic E-state index is -0.664. The summed E-state index contributed by atoms with van der Waals surface area (Å²) in [5.74, 6) is 1.74. The second kappa shape index (κ2) is 8.16. The molecule has 0 amide bonds. The molecule has 0 N–H and O–H groups in total. The fraction of sp³-hybridized carbons (Fsp3) is 0.103. The van der Waals surface area contributed by atoms with Gasteiger partial charge in [0.1, 0.15) is 11.5 Å². The monoisotopic (exact) mass is 404 g/mol. The Morgan fingerprint density at radius 2 is 1.16 bits per heavy atom. The van der Waals surface area contributed by atoms with Crippen molar-refractivity contribution in [3.63, 3.8) is 0 Å². The van der Waals surface area contributed by atoms with Gasteiger partial charge in [0.25, 0.3) is 0 Å². The topological polar surface area (TPSA) is 18.5 Å². The van der Waals surface area contributed by atoms with Crippen molar-refractivity contribution in [1.29, 1.82) is 0 Å². The largest absolute Gasteiger partial charge is 0.497 e. The zero-order valence-electron chi connectivity index (χ0n) is 17.4. The molecule has 0 aromatic heterocycles. The summed E-state index contributed by atoms with van der Waals surface area (Å²) in [4.78, 5) is 0. The number of ether oxygens (including phenoxy) is 2. The first-order valence-corrected chi connectivity index (χ1v) is 10.5. The third kappa shape index (κ3) is 3.40. The van der Waals surface area contributed by atoms with Gasteiger partial charge in [0.2, 0.25) is 0 Å². The SMILES string of the molecule is COc1ccc(C2C=C(c3ccccc3)OC2(c2ccccc2)c2ccccc2)cc1. The van der Waals surface area contributed by atoms with E-state index in [1.807, 2.05) is 42.5 Å². The van der Waals surface area contributed by atoms with Gasteiger partial charge in [-0.3, -0.25) is 0 Å². The van der Waals surface area contributed by atoms with E-state index < -0.39 is 5.60 Å². The molecule has 0 fully saturated rings. The van der Waals surface area contributed by atoms with Crippen molar-refractivity contribution in [2.75, 3.05) is 7.11 Å². The first-order chi connectivity index (χ1) is 15.3. The standard InChI is InChI=1S/C29H24O2/c1-30-26-19-17-22(18-20-26)27-21-28(23-11-5-2-6-12-23)31-29(27,24-13-7-3-8-14-24)25-15-9-4-10-16-25/h2-21,27H,1H3. The first kappa shape index (κ1) is 19.2. The molecule has 2 nitrogen and oxygen atoms in total. The lowest BCUT2D eigenvalue weighted by molar-refractivity contribution is 0.0845. The van der Waals surface area contributed by atoms with Crippen LogP contribution in [-0.4, -0.2) is 7.11 Å². The normalized spacial score (nSPS) is 16.9. The highest BCUT2D eigenvalue weighted by Gasteiger charge is 2.49. The molecule has 0 saturated carbocycles. The van der Waals surface area contributed by atoms with Crippen molar-refractivity contribution in [1.82, 2.24) is 0 Å². The Morgan fingerprint density at radius 1 is 0.645 bits per heavy atom. The van der Waals surface area contributed by atoms with Gasteiger partial charge in [-0.05, 0) is 23.8 Å². The molecule has 152 valence electrons. The maximum absolute atomic E-state index is 6.96. The van der Waals surface area contributed by atoms with E-state index in [2.05, 4.69) is 78.9 Å². The molecule has 5 rings (SSSR count). The van der Waals surface area contributed by atoms with Crippen LogP contribution in [0.1, 0.15) is 28.2 Å². The van der Waals surface area contributed by atoms with Gasteiger partial charge in [0, 0.05) is 16.7 Å². The number of benzene rings is 4. The quantitative estimate of drug-likeness (QED) is 0.364. The summed E-state index contributed by atoms with van der Waals surface area (Å²) in [7, 11) is 1.69. The molecule has 4 aromatic carbocycles. The highest BCUT2D eigenvalue weighted by atomic mass is 16.5. The molecule has 31 heavy (non-hydrogen) atoms. The Hall–Kier alpha value is -3.78. The van der Waals surface area contributed by atoms with Gasteiger partial charge in [-0.2, -0.15) is 0 Å². The maximum Gasteiger partial charge on any atom is 0.169 e. The van der Waals surface area contributed by atoms with E-state index in [4.69, 9.17) is 9.47 Å². The van der Waals surface area contributed by atoms with E-state index in [1.54, 1.807) is 7.11 Å². The van der Waals surface area contributed by atoms with E-state index in [9.17, 15) is 0 Å². The molecule has 1 heterocycles. The summed E-state index contributed by atoms with van der Waals surface area (Å²) in [5.41, 5.74) is 3.85. The summed E-state index contributed by atoms with van der Waals surface area (Å²) < 4.78 is 12.4. The minimum Gasteiger partial charge on any atom is -0.497 e. The van der Waals surface area contributed by atoms with Gasteiger partial charge in [-0.1, -0.05) is 103 Å². The van der Waals surface area contributed by atoms with Crippen molar-refractivity contribution >= 4 is 5.76 Å². The third-order valence-corrected chi connectivity index (χ3v) is 5.97. The van der Waals surface area contributed by atoms with E-state index >= 15 is 0 Å². The predicted molar refractivity (Wildman–Crippen MR) is 125 cm³/mol. The number of rotatable bonds is 5. The van der Waals surface area contributed by atoms with Crippen LogP contribution in [0.15, 0.2) is 121 Å². The Kier molecular flexibility index (Phi) is 5.05. The summed E-state index contributed by atoms with van der Waals surface area (Å²) in [6.07, 6.45) is 2.26. The highest BCUT2D eigenvalue weighted by Crippen LogP contribution is 2.54. The highest BCUT2D eigenvalue weighted by molar-refractivity contribution is 5.67. The minimum absolute atomic E-state index is 0.00147. The van der Waals surface area contributed by atoms with Gasteiger partial charge < -0.3 is 9.47 Å². The van der Waals surface area contributed by atoms with Crippen LogP contribution >= 0.6 is 0 Å².